The Morgan fingerprint density at radius 1 is 1.56 bits per heavy atom. The number of pyridine rings is 1. The molecular formula is C11H14N2O3. The molecule has 1 amide bonds. The summed E-state index contributed by atoms with van der Waals surface area (Å²) >= 11 is 0. The molecule has 1 aliphatic rings. The van der Waals surface area contributed by atoms with Crippen molar-refractivity contribution < 1.29 is 14.3 Å². The summed E-state index contributed by atoms with van der Waals surface area (Å²) in [6.45, 7) is 4.23. The summed E-state index contributed by atoms with van der Waals surface area (Å²) in [7, 11) is 1.53. The smallest absolute Gasteiger partial charge is 0.415 e. The van der Waals surface area contributed by atoms with E-state index in [1.807, 2.05) is 13.8 Å². The topological polar surface area (TPSA) is 51.7 Å². The van der Waals surface area contributed by atoms with Crippen molar-refractivity contribution in [1.29, 1.82) is 0 Å². The number of rotatable bonds is 2. The quantitative estimate of drug-likeness (QED) is 0.766. The molecule has 2 rings (SSSR count). The van der Waals surface area contributed by atoms with Gasteiger partial charge >= 0.3 is 6.09 Å². The number of carbonyl (C=O) groups is 1. The highest BCUT2D eigenvalue weighted by molar-refractivity contribution is 5.92. The van der Waals surface area contributed by atoms with Gasteiger partial charge in [-0.1, -0.05) is 0 Å². The monoisotopic (exact) mass is 222 g/mol. The van der Waals surface area contributed by atoms with Crippen molar-refractivity contribution in [3.63, 3.8) is 0 Å². The fourth-order valence-electron chi connectivity index (χ4n) is 1.75. The van der Waals surface area contributed by atoms with Gasteiger partial charge < -0.3 is 9.47 Å². The molecule has 0 aromatic carbocycles. The number of hydrogen-bond donors (Lipinski definition) is 0. The Balaban J connectivity index is 2.46. The van der Waals surface area contributed by atoms with Crippen molar-refractivity contribution in [2.75, 3.05) is 18.6 Å². The van der Waals surface area contributed by atoms with Gasteiger partial charge in [-0.05, 0) is 26.0 Å². The lowest BCUT2D eigenvalue weighted by Gasteiger charge is -2.28. The number of hydrogen-bond acceptors (Lipinski definition) is 4. The van der Waals surface area contributed by atoms with Gasteiger partial charge in [-0.3, -0.25) is 4.90 Å². The van der Waals surface area contributed by atoms with Gasteiger partial charge in [0.25, 0.3) is 0 Å². The lowest BCUT2D eigenvalue weighted by atomic mass is 10.1. The summed E-state index contributed by atoms with van der Waals surface area (Å²) < 4.78 is 10.2. The largest absolute Gasteiger partial charge is 0.480 e. The van der Waals surface area contributed by atoms with Crippen molar-refractivity contribution in [3.8, 4) is 5.88 Å². The number of amides is 1. The SMILES string of the molecule is COc1ncccc1N1C(=O)OCC1(C)C. The van der Waals surface area contributed by atoms with Gasteiger partial charge in [0, 0.05) is 6.20 Å². The Kier molecular flexibility index (Phi) is 2.46. The first-order chi connectivity index (χ1) is 7.56. The van der Waals surface area contributed by atoms with Crippen LogP contribution in [0.4, 0.5) is 10.5 Å². The van der Waals surface area contributed by atoms with E-state index in [-0.39, 0.29) is 11.6 Å². The first-order valence-electron chi connectivity index (χ1n) is 5.02. The highest BCUT2D eigenvalue weighted by Gasteiger charge is 2.42. The van der Waals surface area contributed by atoms with E-state index in [0.717, 1.165) is 0 Å². The third kappa shape index (κ3) is 1.58. The van der Waals surface area contributed by atoms with E-state index in [4.69, 9.17) is 9.47 Å². The summed E-state index contributed by atoms with van der Waals surface area (Å²) in [4.78, 5) is 17.3. The van der Waals surface area contributed by atoms with Crippen LogP contribution in [0.1, 0.15) is 13.8 Å². The minimum Gasteiger partial charge on any atom is -0.480 e. The van der Waals surface area contributed by atoms with Crippen LogP contribution >= 0.6 is 0 Å². The highest BCUT2D eigenvalue weighted by atomic mass is 16.6. The molecule has 1 fully saturated rings. The van der Waals surface area contributed by atoms with Gasteiger partial charge in [0.2, 0.25) is 5.88 Å². The highest BCUT2D eigenvalue weighted by Crippen LogP contribution is 2.35. The Bertz CT molecular complexity index is 417. The van der Waals surface area contributed by atoms with Crippen molar-refractivity contribution in [2.45, 2.75) is 19.4 Å². The summed E-state index contributed by atoms with van der Waals surface area (Å²) in [5, 5.41) is 0. The predicted molar refractivity (Wildman–Crippen MR) is 58.7 cm³/mol. The van der Waals surface area contributed by atoms with Crippen LogP contribution in [0.2, 0.25) is 0 Å². The Morgan fingerprint density at radius 3 is 2.88 bits per heavy atom. The number of carbonyl (C=O) groups excluding carboxylic acids is 1. The second-order valence-corrected chi connectivity index (χ2v) is 4.23. The number of anilines is 1. The maximum absolute atomic E-state index is 11.7. The number of nitrogens with zero attached hydrogens (tertiary/aromatic N) is 2. The first kappa shape index (κ1) is 10.7. The molecule has 16 heavy (non-hydrogen) atoms. The minimum absolute atomic E-state index is 0.365. The zero-order valence-corrected chi connectivity index (χ0v) is 9.56. The van der Waals surface area contributed by atoms with Crippen LogP contribution in [-0.4, -0.2) is 30.3 Å². The van der Waals surface area contributed by atoms with Crippen LogP contribution < -0.4 is 9.64 Å². The molecule has 86 valence electrons. The van der Waals surface area contributed by atoms with E-state index < -0.39 is 0 Å². The molecule has 1 aromatic heterocycles. The molecule has 2 heterocycles. The second kappa shape index (κ2) is 3.66. The zero-order valence-electron chi connectivity index (χ0n) is 9.56. The van der Waals surface area contributed by atoms with Gasteiger partial charge in [0.1, 0.15) is 12.3 Å². The average Bonchev–Trinajstić information content (AvgIpc) is 2.53. The average molecular weight is 222 g/mol. The number of cyclic esters (lactones) is 1. The Hall–Kier alpha value is -1.78. The van der Waals surface area contributed by atoms with Crippen molar-refractivity contribution in [1.82, 2.24) is 4.98 Å². The molecule has 0 radical (unpaired) electrons. The molecular weight excluding hydrogens is 208 g/mol. The van der Waals surface area contributed by atoms with Gasteiger partial charge in [-0.2, -0.15) is 0 Å². The normalized spacial score (nSPS) is 18.4. The third-order valence-corrected chi connectivity index (χ3v) is 2.52. The molecule has 0 N–H and O–H groups in total. The van der Waals surface area contributed by atoms with Crippen LogP contribution in [0.25, 0.3) is 0 Å². The van der Waals surface area contributed by atoms with Gasteiger partial charge in [0.15, 0.2) is 0 Å². The maximum atomic E-state index is 11.7. The standard InChI is InChI=1S/C11H14N2O3/c1-11(2)7-16-10(14)13(11)8-5-4-6-12-9(8)15-3/h4-6H,7H2,1-3H3. The van der Waals surface area contributed by atoms with E-state index in [9.17, 15) is 4.79 Å². The van der Waals surface area contributed by atoms with Crippen LogP contribution in [0.15, 0.2) is 18.3 Å². The third-order valence-electron chi connectivity index (χ3n) is 2.52. The van der Waals surface area contributed by atoms with Gasteiger partial charge in [-0.25, -0.2) is 9.78 Å². The van der Waals surface area contributed by atoms with Gasteiger partial charge in [0.05, 0.1) is 12.6 Å². The van der Waals surface area contributed by atoms with Crippen molar-refractivity contribution >= 4 is 11.8 Å². The van der Waals surface area contributed by atoms with E-state index in [1.165, 1.54) is 7.11 Å². The Morgan fingerprint density at radius 2 is 2.31 bits per heavy atom. The molecule has 1 aliphatic heterocycles. The first-order valence-corrected chi connectivity index (χ1v) is 5.02. The lowest BCUT2D eigenvalue weighted by molar-refractivity contribution is 0.175. The zero-order chi connectivity index (χ0) is 11.8. The Labute approximate surface area is 94.0 Å². The molecule has 0 bridgehead atoms. The fourth-order valence-corrected chi connectivity index (χ4v) is 1.75. The molecule has 0 unspecified atom stereocenters. The van der Waals surface area contributed by atoms with Crippen LogP contribution in [0, 0.1) is 0 Å². The predicted octanol–water partition coefficient (Wildman–Crippen LogP) is 1.83. The second-order valence-electron chi connectivity index (χ2n) is 4.23. The van der Waals surface area contributed by atoms with E-state index in [0.29, 0.717) is 18.2 Å². The summed E-state index contributed by atoms with van der Waals surface area (Å²) in [6, 6.07) is 3.56. The molecule has 1 aromatic rings. The van der Waals surface area contributed by atoms with E-state index >= 15 is 0 Å². The maximum Gasteiger partial charge on any atom is 0.415 e. The minimum atomic E-state index is -0.382. The summed E-state index contributed by atoms with van der Waals surface area (Å²) in [5.41, 5.74) is 0.255. The molecule has 0 spiro atoms. The summed E-state index contributed by atoms with van der Waals surface area (Å²) in [5.74, 6) is 0.425. The van der Waals surface area contributed by atoms with Crippen molar-refractivity contribution in [2.24, 2.45) is 0 Å². The molecule has 0 aliphatic carbocycles. The lowest BCUT2D eigenvalue weighted by Crippen LogP contribution is -2.42. The number of ether oxygens (including phenoxy) is 2. The summed E-state index contributed by atoms with van der Waals surface area (Å²) in [6.07, 6.45) is 1.26. The van der Waals surface area contributed by atoms with Gasteiger partial charge in [-0.15, -0.1) is 0 Å². The van der Waals surface area contributed by atoms with E-state index in [1.54, 1.807) is 23.2 Å². The fraction of sp³-hybridized carbons (Fsp3) is 0.455. The molecule has 1 saturated heterocycles. The van der Waals surface area contributed by atoms with E-state index in [2.05, 4.69) is 4.98 Å². The number of methoxy groups -OCH3 is 1. The molecule has 0 saturated carbocycles. The number of aromatic nitrogens is 1. The van der Waals surface area contributed by atoms with Crippen LogP contribution in [0.3, 0.4) is 0 Å². The van der Waals surface area contributed by atoms with Crippen LogP contribution in [-0.2, 0) is 4.74 Å². The molecule has 5 nitrogen and oxygen atoms in total. The van der Waals surface area contributed by atoms with Crippen molar-refractivity contribution in [3.05, 3.63) is 18.3 Å². The molecule has 5 heteroatoms. The van der Waals surface area contributed by atoms with Crippen LogP contribution in [0.5, 0.6) is 5.88 Å². The molecule has 0 atom stereocenters.